The molecule has 0 aliphatic heterocycles. The summed E-state index contributed by atoms with van der Waals surface area (Å²) in [5, 5.41) is 0. The zero-order valence-corrected chi connectivity index (χ0v) is 17.3. The molecule has 0 amide bonds. The molecular weight excluding hydrogens is 352 g/mol. The molecule has 0 heterocycles. The van der Waals surface area contributed by atoms with Crippen LogP contribution in [0.5, 0.6) is 0 Å². The molecule has 3 rings (SSSR count). The quantitative estimate of drug-likeness (QED) is 0.216. The molecule has 0 aliphatic carbocycles. The molecule has 0 saturated carbocycles. The maximum absolute atomic E-state index is 7.44. The first-order valence-electron chi connectivity index (χ1n) is 11.3. The van der Waals surface area contributed by atoms with Crippen molar-refractivity contribution in [2.24, 2.45) is 5.92 Å². The molecule has 148 valence electrons. The molecule has 0 fully saturated rings. The molecule has 0 spiro atoms. The Morgan fingerprint density at radius 2 is 1.31 bits per heavy atom. The Hall–Kier alpha value is -2.86. The van der Waals surface area contributed by atoms with Gasteiger partial charge in [0, 0.05) is 6.61 Å². The lowest BCUT2D eigenvalue weighted by Gasteiger charge is -2.36. The van der Waals surface area contributed by atoms with Crippen molar-refractivity contribution in [3.05, 3.63) is 126 Å². The smallest absolute Gasteiger partial charge is 0.143 e. The van der Waals surface area contributed by atoms with E-state index in [9.17, 15) is 0 Å². The number of allylic oxidation sites excluding steroid dienone is 1. The van der Waals surface area contributed by atoms with Gasteiger partial charge < -0.3 is 4.74 Å². The molecule has 3 aromatic rings. The van der Waals surface area contributed by atoms with Gasteiger partial charge >= 0.3 is 0 Å². The predicted molar refractivity (Wildman–Crippen MR) is 122 cm³/mol. The first-order valence-corrected chi connectivity index (χ1v) is 10.3. The van der Waals surface area contributed by atoms with Crippen molar-refractivity contribution >= 4 is 0 Å². The fraction of sp³-hybridized carbons (Fsp3) is 0.250. The molecule has 0 bridgehead atoms. The van der Waals surface area contributed by atoms with Crippen molar-refractivity contribution < 1.29 is 7.48 Å². The normalized spacial score (nSPS) is 12.1. The van der Waals surface area contributed by atoms with Crippen LogP contribution in [0.25, 0.3) is 0 Å². The first kappa shape index (κ1) is 18.2. The summed E-state index contributed by atoms with van der Waals surface area (Å²) in [5.41, 5.74) is 6.43. The number of hydrogen-bond donors (Lipinski definition) is 0. The van der Waals surface area contributed by atoms with E-state index in [0.29, 0.717) is 6.61 Å². The van der Waals surface area contributed by atoms with Gasteiger partial charge in [0.15, 0.2) is 0 Å². The second-order valence-electron chi connectivity index (χ2n) is 7.54. The summed E-state index contributed by atoms with van der Waals surface area (Å²) in [6.07, 6.45) is 1.55. The van der Waals surface area contributed by atoms with Gasteiger partial charge in [-0.3, -0.25) is 0 Å². The van der Waals surface area contributed by atoms with E-state index >= 15 is 0 Å². The Kier molecular flexibility index (Phi) is 6.32. The van der Waals surface area contributed by atoms with Crippen LogP contribution in [0.4, 0.5) is 0 Å². The van der Waals surface area contributed by atoms with Gasteiger partial charge in [-0.2, -0.15) is 0 Å². The standard InChI is InChI=1S/C28H30O/c1-4-24(23(2)3)15-14-22-29-28(25-16-8-5-9-17-25,26-18-10-6-11-19-26)27-20-12-7-13-21-27/h5-13,16-21,23H,1,14-15,22H2,2-3H3/i1D2. The third-order valence-corrected chi connectivity index (χ3v) is 5.31. The lowest BCUT2D eigenvalue weighted by molar-refractivity contribution is 0.0115. The molecule has 0 saturated heterocycles. The van der Waals surface area contributed by atoms with Crippen LogP contribution < -0.4 is 0 Å². The summed E-state index contributed by atoms with van der Waals surface area (Å²) in [6.45, 7) is 4.43. The number of hydrogen-bond acceptors (Lipinski definition) is 1. The van der Waals surface area contributed by atoms with Gasteiger partial charge in [-0.1, -0.05) is 111 Å². The minimum Gasteiger partial charge on any atom is -0.361 e. The summed E-state index contributed by atoms with van der Waals surface area (Å²) in [6, 6.07) is 31.1. The number of rotatable bonds is 9. The van der Waals surface area contributed by atoms with Gasteiger partial charge in [-0.25, -0.2) is 0 Å². The van der Waals surface area contributed by atoms with Crippen molar-refractivity contribution in [3.63, 3.8) is 0 Å². The van der Waals surface area contributed by atoms with Crippen LogP contribution in [0.1, 0.15) is 46.1 Å². The molecular formula is C28H30O. The van der Waals surface area contributed by atoms with E-state index in [1.54, 1.807) is 0 Å². The Morgan fingerprint density at radius 3 is 1.69 bits per heavy atom. The van der Waals surface area contributed by atoms with Crippen molar-refractivity contribution in [3.8, 4) is 0 Å². The maximum Gasteiger partial charge on any atom is 0.143 e. The third kappa shape index (κ3) is 4.77. The summed E-state index contributed by atoms with van der Waals surface area (Å²) < 4.78 is 21.7. The number of benzene rings is 3. The van der Waals surface area contributed by atoms with E-state index in [0.717, 1.165) is 35.1 Å². The maximum atomic E-state index is 7.44. The van der Waals surface area contributed by atoms with Gasteiger partial charge in [0.2, 0.25) is 0 Å². The fourth-order valence-electron chi connectivity index (χ4n) is 3.75. The monoisotopic (exact) mass is 384 g/mol. The second kappa shape index (κ2) is 10.1. The molecule has 1 nitrogen and oxygen atoms in total. The molecule has 0 unspecified atom stereocenters. The topological polar surface area (TPSA) is 9.23 Å². The molecule has 0 atom stereocenters. The van der Waals surface area contributed by atoms with Gasteiger partial charge in [0.1, 0.15) is 5.60 Å². The highest BCUT2D eigenvalue weighted by atomic mass is 16.5. The minimum absolute atomic E-state index is 0.257. The Bertz CT molecular complexity index is 904. The van der Waals surface area contributed by atoms with Gasteiger partial charge in [-0.05, 0) is 41.0 Å². The highest BCUT2D eigenvalue weighted by Gasteiger charge is 2.37. The Balaban J connectivity index is 1.98. The molecule has 0 N–H and O–H groups in total. The van der Waals surface area contributed by atoms with Crippen LogP contribution in [0.15, 0.2) is 109 Å². The van der Waals surface area contributed by atoms with Crippen LogP contribution in [0.3, 0.4) is 0 Å². The lowest BCUT2D eigenvalue weighted by Crippen LogP contribution is -2.33. The van der Waals surface area contributed by atoms with E-state index < -0.39 is 5.60 Å². The van der Waals surface area contributed by atoms with Gasteiger partial charge in [0.05, 0.1) is 2.74 Å². The van der Waals surface area contributed by atoms with E-state index in [2.05, 4.69) is 56.0 Å². The fourth-order valence-corrected chi connectivity index (χ4v) is 3.75. The third-order valence-electron chi connectivity index (χ3n) is 5.31. The van der Waals surface area contributed by atoms with Gasteiger partial charge in [-0.15, -0.1) is 5.73 Å². The largest absolute Gasteiger partial charge is 0.361 e. The molecule has 0 aromatic heterocycles. The molecule has 0 radical (unpaired) electrons. The van der Waals surface area contributed by atoms with Crippen LogP contribution in [-0.4, -0.2) is 6.61 Å². The highest BCUT2D eigenvalue weighted by molar-refractivity contribution is 5.47. The van der Waals surface area contributed by atoms with Crippen LogP contribution in [0.2, 0.25) is 0 Å². The summed E-state index contributed by atoms with van der Waals surface area (Å²) in [4.78, 5) is 0. The predicted octanol–water partition coefficient (Wildman–Crippen LogP) is 7.14. The molecule has 29 heavy (non-hydrogen) atoms. The van der Waals surface area contributed by atoms with Crippen molar-refractivity contribution in [2.75, 3.05) is 6.61 Å². The zero-order chi connectivity index (χ0) is 22.1. The van der Waals surface area contributed by atoms with E-state index in [4.69, 9.17) is 7.48 Å². The SMILES string of the molecule is [2H]C([2H])=C=C(CCCOC(c1ccccc1)(c1ccccc1)c1ccccc1)C(C)C. The minimum atomic E-state index is -0.711. The van der Waals surface area contributed by atoms with Crippen LogP contribution in [0, 0.1) is 5.92 Å². The molecule has 0 aliphatic rings. The van der Waals surface area contributed by atoms with Crippen molar-refractivity contribution in [2.45, 2.75) is 32.3 Å². The lowest BCUT2D eigenvalue weighted by atomic mass is 9.80. The molecule has 3 aromatic carbocycles. The number of ether oxygens (including phenoxy) is 1. The van der Waals surface area contributed by atoms with E-state index in [1.807, 2.05) is 54.6 Å². The van der Waals surface area contributed by atoms with E-state index in [-0.39, 0.29) is 12.4 Å². The van der Waals surface area contributed by atoms with Crippen LogP contribution in [-0.2, 0) is 10.3 Å². The summed E-state index contributed by atoms with van der Waals surface area (Å²) >= 11 is 0. The van der Waals surface area contributed by atoms with Crippen molar-refractivity contribution in [1.29, 1.82) is 0 Å². The Labute approximate surface area is 178 Å². The van der Waals surface area contributed by atoms with Gasteiger partial charge in [0.25, 0.3) is 0 Å². The zero-order valence-electron chi connectivity index (χ0n) is 19.3. The van der Waals surface area contributed by atoms with Crippen molar-refractivity contribution in [1.82, 2.24) is 0 Å². The first-order chi connectivity index (χ1) is 15.0. The second-order valence-corrected chi connectivity index (χ2v) is 7.54. The molecule has 1 heteroatoms. The average molecular weight is 385 g/mol. The van der Waals surface area contributed by atoms with Crippen LogP contribution >= 0.6 is 0 Å². The summed E-state index contributed by atoms with van der Waals surface area (Å²) in [5.74, 6) is 0.257. The van der Waals surface area contributed by atoms with E-state index in [1.165, 1.54) is 0 Å². The Morgan fingerprint density at radius 1 is 0.862 bits per heavy atom. The summed E-state index contributed by atoms with van der Waals surface area (Å²) in [7, 11) is 0. The average Bonchev–Trinajstić information content (AvgIpc) is 2.80. The highest BCUT2D eigenvalue weighted by Crippen LogP contribution is 2.40.